The summed E-state index contributed by atoms with van der Waals surface area (Å²) in [5, 5.41) is 18.2. The first-order valence-electron chi connectivity index (χ1n) is 4.36. The van der Waals surface area contributed by atoms with Crippen LogP contribution in [0.1, 0.15) is 19.4 Å². The van der Waals surface area contributed by atoms with E-state index in [0.717, 1.165) is 4.90 Å². The van der Waals surface area contributed by atoms with Crippen LogP contribution in [0.4, 0.5) is 0 Å². The van der Waals surface area contributed by atoms with E-state index in [-0.39, 0.29) is 0 Å². The van der Waals surface area contributed by atoms with E-state index < -0.39 is 5.60 Å². The van der Waals surface area contributed by atoms with Gasteiger partial charge in [0.25, 0.3) is 0 Å². The molecule has 1 aromatic carbocycles. The zero-order valence-corrected chi connectivity index (χ0v) is 9.14. The predicted molar refractivity (Wildman–Crippen MR) is 58.2 cm³/mol. The number of benzene rings is 1. The maximum Gasteiger partial charge on any atom is 0.0992 e. The topological polar surface area (TPSA) is 44.0 Å². The lowest BCUT2D eigenvalue weighted by molar-refractivity contribution is 0.107. The second kappa shape index (κ2) is 4.50. The van der Waals surface area contributed by atoms with E-state index in [4.69, 9.17) is 5.26 Å². The molecule has 0 aliphatic heterocycles. The maximum absolute atomic E-state index is 9.52. The van der Waals surface area contributed by atoms with Crippen LogP contribution in [0.3, 0.4) is 0 Å². The molecule has 1 N–H and O–H groups in total. The Bertz CT molecular complexity index is 349. The van der Waals surface area contributed by atoms with E-state index in [1.807, 2.05) is 18.2 Å². The summed E-state index contributed by atoms with van der Waals surface area (Å²) in [6.07, 6.45) is 0. The fraction of sp³-hybridized carbons (Fsp3) is 0.364. The van der Waals surface area contributed by atoms with Crippen molar-refractivity contribution in [3.05, 3.63) is 29.8 Å². The highest BCUT2D eigenvalue weighted by Gasteiger charge is 2.12. The normalized spacial score (nSPS) is 11.0. The summed E-state index contributed by atoms with van der Waals surface area (Å²) in [7, 11) is 0. The van der Waals surface area contributed by atoms with E-state index in [1.54, 1.807) is 31.7 Å². The number of nitrogens with zero attached hydrogens (tertiary/aromatic N) is 1. The van der Waals surface area contributed by atoms with Crippen molar-refractivity contribution in [3.63, 3.8) is 0 Å². The van der Waals surface area contributed by atoms with Crippen molar-refractivity contribution in [2.45, 2.75) is 24.3 Å². The molecule has 14 heavy (non-hydrogen) atoms. The Hall–Kier alpha value is -0.980. The summed E-state index contributed by atoms with van der Waals surface area (Å²) < 4.78 is 0. The van der Waals surface area contributed by atoms with Crippen molar-refractivity contribution in [2.24, 2.45) is 0 Å². The van der Waals surface area contributed by atoms with E-state index in [0.29, 0.717) is 11.3 Å². The van der Waals surface area contributed by atoms with Crippen molar-refractivity contribution in [1.82, 2.24) is 0 Å². The fourth-order valence-corrected chi connectivity index (χ4v) is 1.82. The summed E-state index contributed by atoms with van der Waals surface area (Å²) in [6, 6.07) is 9.48. The molecule has 0 saturated carbocycles. The van der Waals surface area contributed by atoms with Crippen LogP contribution in [-0.2, 0) is 0 Å². The maximum atomic E-state index is 9.52. The molecule has 1 aromatic rings. The van der Waals surface area contributed by atoms with Crippen LogP contribution in [0.2, 0.25) is 0 Å². The lowest BCUT2D eigenvalue weighted by atomic mass is 10.2. The molecule has 2 nitrogen and oxygen atoms in total. The number of thioether (sulfide) groups is 1. The highest BCUT2D eigenvalue weighted by molar-refractivity contribution is 7.99. The minimum atomic E-state index is -0.673. The molecule has 0 unspecified atom stereocenters. The number of hydrogen-bond donors (Lipinski definition) is 1. The van der Waals surface area contributed by atoms with E-state index in [2.05, 4.69) is 6.07 Å². The molecule has 0 amide bonds. The van der Waals surface area contributed by atoms with Crippen LogP contribution in [0.15, 0.2) is 29.2 Å². The van der Waals surface area contributed by atoms with Gasteiger partial charge in [-0.3, -0.25) is 0 Å². The van der Waals surface area contributed by atoms with Crippen molar-refractivity contribution in [2.75, 3.05) is 5.75 Å². The van der Waals surface area contributed by atoms with Gasteiger partial charge in [0.05, 0.1) is 17.2 Å². The largest absolute Gasteiger partial charge is 0.390 e. The Morgan fingerprint density at radius 1 is 1.50 bits per heavy atom. The van der Waals surface area contributed by atoms with Crippen LogP contribution >= 0.6 is 11.8 Å². The van der Waals surface area contributed by atoms with Crippen molar-refractivity contribution >= 4 is 11.8 Å². The van der Waals surface area contributed by atoms with Crippen molar-refractivity contribution in [3.8, 4) is 6.07 Å². The SMILES string of the molecule is CC(C)(O)CSc1cccc(C#N)c1. The second-order valence-corrected chi connectivity index (χ2v) is 4.79. The lowest BCUT2D eigenvalue weighted by Crippen LogP contribution is -2.21. The van der Waals surface area contributed by atoms with E-state index in [1.165, 1.54) is 0 Å². The van der Waals surface area contributed by atoms with Gasteiger partial charge in [0.2, 0.25) is 0 Å². The Balaban J connectivity index is 2.65. The van der Waals surface area contributed by atoms with Gasteiger partial charge in [-0.25, -0.2) is 0 Å². The summed E-state index contributed by atoms with van der Waals surface area (Å²) in [5.74, 6) is 0.627. The summed E-state index contributed by atoms with van der Waals surface area (Å²) >= 11 is 1.56. The van der Waals surface area contributed by atoms with Gasteiger partial charge in [0, 0.05) is 10.6 Å². The molecule has 0 spiro atoms. The molecule has 0 fully saturated rings. The average molecular weight is 207 g/mol. The molecule has 0 atom stereocenters. The third kappa shape index (κ3) is 3.82. The molecule has 0 saturated heterocycles. The monoisotopic (exact) mass is 207 g/mol. The molecule has 0 heterocycles. The molecule has 3 heteroatoms. The lowest BCUT2D eigenvalue weighted by Gasteiger charge is -2.15. The highest BCUT2D eigenvalue weighted by Crippen LogP contribution is 2.22. The molecule has 0 aliphatic rings. The number of nitriles is 1. The zero-order chi connectivity index (χ0) is 10.6. The van der Waals surface area contributed by atoms with Gasteiger partial charge < -0.3 is 5.11 Å². The summed E-state index contributed by atoms with van der Waals surface area (Å²) in [6.45, 7) is 3.54. The summed E-state index contributed by atoms with van der Waals surface area (Å²) in [4.78, 5) is 1.02. The molecule has 74 valence electrons. The smallest absolute Gasteiger partial charge is 0.0992 e. The van der Waals surface area contributed by atoms with Crippen LogP contribution in [0, 0.1) is 11.3 Å². The van der Waals surface area contributed by atoms with Gasteiger partial charge in [0.1, 0.15) is 0 Å². The Labute approximate surface area is 88.6 Å². The van der Waals surface area contributed by atoms with Crippen LogP contribution in [0.25, 0.3) is 0 Å². The first-order chi connectivity index (χ1) is 6.51. The van der Waals surface area contributed by atoms with Gasteiger partial charge in [-0.1, -0.05) is 6.07 Å². The van der Waals surface area contributed by atoms with Gasteiger partial charge in [0.15, 0.2) is 0 Å². The Morgan fingerprint density at radius 3 is 2.79 bits per heavy atom. The number of aliphatic hydroxyl groups is 1. The average Bonchev–Trinajstić information content (AvgIpc) is 2.14. The van der Waals surface area contributed by atoms with Gasteiger partial charge in [-0.2, -0.15) is 5.26 Å². The summed E-state index contributed by atoms with van der Waals surface area (Å²) in [5.41, 5.74) is -0.0152. The standard InChI is InChI=1S/C11H13NOS/c1-11(2,13)8-14-10-5-3-4-9(6-10)7-12/h3-6,13H,8H2,1-2H3. The van der Waals surface area contributed by atoms with Crippen molar-refractivity contribution < 1.29 is 5.11 Å². The van der Waals surface area contributed by atoms with Crippen LogP contribution in [0.5, 0.6) is 0 Å². The molecule has 0 aliphatic carbocycles. The molecular weight excluding hydrogens is 194 g/mol. The fourth-order valence-electron chi connectivity index (χ4n) is 0.915. The molecule has 0 radical (unpaired) electrons. The molecule has 0 aromatic heterocycles. The quantitative estimate of drug-likeness (QED) is 0.774. The zero-order valence-electron chi connectivity index (χ0n) is 8.32. The van der Waals surface area contributed by atoms with Gasteiger partial charge in [-0.05, 0) is 32.0 Å². The van der Waals surface area contributed by atoms with Crippen LogP contribution in [-0.4, -0.2) is 16.5 Å². The molecule has 0 bridgehead atoms. The minimum absolute atomic E-state index is 0.627. The predicted octanol–water partition coefficient (Wildman–Crippen LogP) is 2.42. The van der Waals surface area contributed by atoms with E-state index >= 15 is 0 Å². The van der Waals surface area contributed by atoms with Gasteiger partial charge >= 0.3 is 0 Å². The van der Waals surface area contributed by atoms with Crippen LogP contribution < -0.4 is 0 Å². The number of rotatable bonds is 3. The Morgan fingerprint density at radius 2 is 2.21 bits per heavy atom. The minimum Gasteiger partial charge on any atom is -0.390 e. The van der Waals surface area contributed by atoms with E-state index in [9.17, 15) is 5.11 Å². The van der Waals surface area contributed by atoms with Gasteiger partial charge in [-0.15, -0.1) is 11.8 Å². The molecule has 1 rings (SSSR count). The second-order valence-electron chi connectivity index (χ2n) is 3.74. The third-order valence-corrected chi connectivity index (χ3v) is 2.99. The third-order valence-electron chi connectivity index (χ3n) is 1.56. The first-order valence-corrected chi connectivity index (χ1v) is 5.35. The van der Waals surface area contributed by atoms with Crippen molar-refractivity contribution in [1.29, 1.82) is 5.26 Å². The Kier molecular flexibility index (Phi) is 3.56. The first kappa shape index (κ1) is 11.1. The molecular formula is C11H13NOS. The number of hydrogen-bond acceptors (Lipinski definition) is 3. The highest BCUT2D eigenvalue weighted by atomic mass is 32.2.